The first-order valence-corrected chi connectivity index (χ1v) is 4.13. The minimum atomic E-state index is -4.86. The van der Waals surface area contributed by atoms with Crippen LogP contribution in [0.5, 0.6) is 0 Å². The van der Waals surface area contributed by atoms with Crippen molar-refractivity contribution in [2.24, 2.45) is 17.2 Å². The fraction of sp³-hybridized carbons (Fsp3) is 0.857. The molecule has 6 N–H and O–H groups in total. The molecular weight excluding hydrogens is 199 g/mol. The summed E-state index contributed by atoms with van der Waals surface area (Å²) < 4.78 is 32.1. The molecule has 0 bridgehead atoms. The van der Waals surface area contributed by atoms with Gasteiger partial charge >= 0.3 is 12.1 Å². The van der Waals surface area contributed by atoms with Crippen LogP contribution in [0.2, 0.25) is 0 Å². The Hall–Kier alpha value is -0.820. The number of hydrogen-bond acceptors (Lipinski definition) is 3. The minimum Gasteiger partial charge on any atom is -0.362 e. The van der Waals surface area contributed by atoms with Crippen LogP contribution in [0, 0.1) is 0 Å². The molecule has 0 aliphatic rings. The molecule has 0 rings (SSSR count). The van der Waals surface area contributed by atoms with Crippen molar-refractivity contribution in [3.05, 3.63) is 0 Å². The molecule has 0 fully saturated rings. The average Bonchev–Trinajstić information content (AvgIpc) is 2.05. The van der Waals surface area contributed by atoms with E-state index < -0.39 is 12.1 Å². The Morgan fingerprint density at radius 1 is 1.00 bits per heavy atom. The average molecular weight is 215 g/mol. The minimum absolute atomic E-state index is 0.806. The lowest BCUT2D eigenvalue weighted by atomic mass is 10.2. The highest BCUT2D eigenvalue weighted by Crippen LogP contribution is 2.11. The third-order valence-corrected chi connectivity index (χ3v) is 1.19. The van der Waals surface area contributed by atoms with Crippen molar-refractivity contribution in [3.8, 4) is 0 Å². The Morgan fingerprint density at radius 2 is 1.29 bits per heavy atom. The Bertz CT molecular complexity index is 146. The lowest BCUT2D eigenvalue weighted by Crippen LogP contribution is -2.30. The monoisotopic (exact) mass is 215 g/mol. The fourth-order valence-corrected chi connectivity index (χ4v) is 0.465. The summed E-state index contributed by atoms with van der Waals surface area (Å²) in [5.74, 6) is -2.26. The maximum Gasteiger partial charge on any atom is 0.470 e. The van der Waals surface area contributed by atoms with Gasteiger partial charge < -0.3 is 17.2 Å². The first-order chi connectivity index (χ1) is 6.36. The van der Waals surface area contributed by atoms with Gasteiger partial charge in [-0.1, -0.05) is 6.42 Å². The van der Waals surface area contributed by atoms with Gasteiger partial charge in [0.15, 0.2) is 0 Å². The summed E-state index contributed by atoms with van der Waals surface area (Å²) in [7, 11) is 0. The standard InChI is InChI=1S/C5H14N2.C2H2F3NO/c6-4-2-1-3-5-7;3-2(4,5)1(6)7/h1-7H2;(H2,6,7). The predicted octanol–water partition coefficient (Wildman–Crippen LogP) is 0.108. The molecule has 0 aromatic heterocycles. The normalized spacial score (nSPS) is 10.4. The quantitative estimate of drug-likeness (QED) is 0.581. The number of amides is 1. The van der Waals surface area contributed by atoms with Crippen LogP contribution in [0.15, 0.2) is 0 Å². The maximum absolute atomic E-state index is 10.7. The van der Waals surface area contributed by atoms with Gasteiger partial charge in [-0.2, -0.15) is 13.2 Å². The molecule has 0 heterocycles. The Morgan fingerprint density at radius 3 is 1.43 bits per heavy atom. The Kier molecular flexibility index (Phi) is 9.79. The molecule has 7 heteroatoms. The molecule has 0 unspecified atom stereocenters. The van der Waals surface area contributed by atoms with Crippen molar-refractivity contribution in [2.45, 2.75) is 25.4 Å². The number of halogens is 3. The zero-order valence-electron chi connectivity index (χ0n) is 7.81. The second-order valence-corrected chi connectivity index (χ2v) is 2.50. The van der Waals surface area contributed by atoms with Crippen molar-refractivity contribution >= 4 is 5.91 Å². The van der Waals surface area contributed by atoms with Crippen LogP contribution in [-0.4, -0.2) is 25.2 Å². The number of nitrogens with two attached hydrogens (primary N) is 3. The summed E-state index contributed by atoms with van der Waals surface area (Å²) >= 11 is 0. The van der Waals surface area contributed by atoms with Gasteiger partial charge in [0.2, 0.25) is 0 Å². The van der Waals surface area contributed by atoms with E-state index in [0.29, 0.717) is 0 Å². The maximum atomic E-state index is 10.7. The molecule has 0 aliphatic heterocycles. The SMILES string of the molecule is NC(=O)C(F)(F)F.NCCCCCN. The fourth-order valence-electron chi connectivity index (χ4n) is 0.465. The molecule has 4 nitrogen and oxygen atoms in total. The summed E-state index contributed by atoms with van der Waals surface area (Å²) in [6.07, 6.45) is -1.43. The van der Waals surface area contributed by atoms with Gasteiger partial charge in [-0.05, 0) is 25.9 Å². The van der Waals surface area contributed by atoms with Gasteiger partial charge in [-0.15, -0.1) is 0 Å². The third-order valence-electron chi connectivity index (χ3n) is 1.19. The number of carbonyl (C=O) groups is 1. The van der Waals surface area contributed by atoms with E-state index in [9.17, 15) is 13.2 Å². The lowest BCUT2D eigenvalue weighted by Gasteiger charge is -1.95. The van der Waals surface area contributed by atoms with E-state index in [0.717, 1.165) is 25.9 Å². The summed E-state index contributed by atoms with van der Waals surface area (Å²) in [5.41, 5.74) is 14.3. The molecule has 14 heavy (non-hydrogen) atoms. The second-order valence-electron chi connectivity index (χ2n) is 2.50. The van der Waals surface area contributed by atoms with E-state index in [1.54, 1.807) is 0 Å². The largest absolute Gasteiger partial charge is 0.470 e. The van der Waals surface area contributed by atoms with E-state index in [1.165, 1.54) is 6.42 Å². The first-order valence-electron chi connectivity index (χ1n) is 4.13. The molecule has 0 aromatic rings. The first kappa shape index (κ1) is 15.6. The highest BCUT2D eigenvalue weighted by Gasteiger charge is 2.35. The zero-order chi connectivity index (χ0) is 11.6. The van der Waals surface area contributed by atoms with E-state index in [1.807, 2.05) is 0 Å². The molecule has 0 aromatic carbocycles. The number of hydrogen-bond donors (Lipinski definition) is 3. The Balaban J connectivity index is 0. The van der Waals surface area contributed by atoms with Crippen molar-refractivity contribution < 1.29 is 18.0 Å². The van der Waals surface area contributed by atoms with Gasteiger partial charge in [0.05, 0.1) is 0 Å². The van der Waals surface area contributed by atoms with Crippen molar-refractivity contribution in [1.82, 2.24) is 0 Å². The number of alkyl halides is 3. The van der Waals surface area contributed by atoms with E-state index >= 15 is 0 Å². The second kappa shape index (κ2) is 8.76. The predicted molar refractivity (Wildman–Crippen MR) is 47.2 cm³/mol. The highest BCUT2D eigenvalue weighted by molar-refractivity contribution is 5.79. The number of carbonyl (C=O) groups excluding carboxylic acids is 1. The molecule has 86 valence electrons. The molecule has 0 saturated carbocycles. The van der Waals surface area contributed by atoms with E-state index in [-0.39, 0.29) is 0 Å². The Labute approximate surface area is 80.6 Å². The molecule has 1 amide bonds. The van der Waals surface area contributed by atoms with Crippen LogP contribution in [-0.2, 0) is 4.79 Å². The number of primary amides is 1. The molecule has 0 aliphatic carbocycles. The molecule has 0 atom stereocenters. The van der Waals surface area contributed by atoms with Crippen LogP contribution >= 0.6 is 0 Å². The van der Waals surface area contributed by atoms with Crippen LogP contribution in [0.3, 0.4) is 0 Å². The molecule has 0 spiro atoms. The summed E-state index contributed by atoms with van der Waals surface area (Å²) in [6.45, 7) is 1.61. The van der Waals surface area contributed by atoms with Gasteiger partial charge in [-0.3, -0.25) is 4.79 Å². The van der Waals surface area contributed by atoms with Crippen LogP contribution < -0.4 is 17.2 Å². The topological polar surface area (TPSA) is 95.1 Å². The van der Waals surface area contributed by atoms with E-state index in [4.69, 9.17) is 16.3 Å². The van der Waals surface area contributed by atoms with Gasteiger partial charge in [0, 0.05) is 0 Å². The summed E-state index contributed by atoms with van der Waals surface area (Å²) in [5, 5.41) is 0. The molecule has 0 radical (unpaired) electrons. The van der Waals surface area contributed by atoms with Gasteiger partial charge in [0.25, 0.3) is 0 Å². The molecular formula is C7H16F3N3O. The van der Waals surface area contributed by atoms with Gasteiger partial charge in [0.1, 0.15) is 0 Å². The summed E-state index contributed by atoms with van der Waals surface area (Å²) in [6, 6.07) is 0. The lowest BCUT2D eigenvalue weighted by molar-refractivity contribution is -0.169. The highest BCUT2D eigenvalue weighted by atomic mass is 19.4. The smallest absolute Gasteiger partial charge is 0.362 e. The number of rotatable bonds is 4. The van der Waals surface area contributed by atoms with Gasteiger partial charge in [-0.25, -0.2) is 0 Å². The van der Waals surface area contributed by atoms with Crippen molar-refractivity contribution in [2.75, 3.05) is 13.1 Å². The zero-order valence-corrected chi connectivity index (χ0v) is 7.81. The van der Waals surface area contributed by atoms with E-state index in [2.05, 4.69) is 5.73 Å². The van der Waals surface area contributed by atoms with Crippen LogP contribution in [0.25, 0.3) is 0 Å². The summed E-state index contributed by atoms with van der Waals surface area (Å²) in [4.78, 5) is 9.12. The number of unbranched alkanes of at least 4 members (excludes halogenated alkanes) is 2. The van der Waals surface area contributed by atoms with Crippen molar-refractivity contribution in [3.63, 3.8) is 0 Å². The van der Waals surface area contributed by atoms with Crippen LogP contribution in [0.4, 0.5) is 13.2 Å². The third kappa shape index (κ3) is 13.7. The van der Waals surface area contributed by atoms with Crippen molar-refractivity contribution in [1.29, 1.82) is 0 Å². The molecule has 0 saturated heterocycles. The van der Waals surface area contributed by atoms with Crippen LogP contribution in [0.1, 0.15) is 19.3 Å².